The summed E-state index contributed by atoms with van der Waals surface area (Å²) in [5.41, 5.74) is 9.83. The van der Waals surface area contributed by atoms with Gasteiger partial charge in [0.05, 0.1) is 0 Å². The average molecular weight is 217 g/mol. The molecule has 3 N–H and O–H groups in total. The summed E-state index contributed by atoms with van der Waals surface area (Å²) in [6.07, 6.45) is 0. The third-order valence-corrected chi connectivity index (χ3v) is 2.88. The number of aromatic amines is 1. The van der Waals surface area contributed by atoms with E-state index in [4.69, 9.17) is 5.73 Å². The lowest BCUT2D eigenvalue weighted by molar-refractivity contribution is 0.377. The van der Waals surface area contributed by atoms with Crippen LogP contribution >= 0.6 is 0 Å². The van der Waals surface area contributed by atoms with Gasteiger partial charge in [0.15, 0.2) is 0 Å². The molecule has 1 aromatic carbocycles. The van der Waals surface area contributed by atoms with Gasteiger partial charge >= 0.3 is 0 Å². The van der Waals surface area contributed by atoms with E-state index in [-0.39, 0.29) is 6.04 Å². The van der Waals surface area contributed by atoms with Gasteiger partial charge in [-0.1, -0.05) is 18.2 Å². The molecule has 1 heterocycles. The minimum absolute atomic E-state index is 0.0612. The Morgan fingerprint density at radius 1 is 1.31 bits per heavy atom. The van der Waals surface area contributed by atoms with Crippen molar-refractivity contribution in [3.05, 3.63) is 35.5 Å². The Hall–Kier alpha value is -1.32. The molecule has 0 saturated heterocycles. The number of benzene rings is 1. The molecule has 0 radical (unpaired) electrons. The van der Waals surface area contributed by atoms with Crippen LogP contribution in [0.5, 0.6) is 0 Å². The second-order valence-corrected chi connectivity index (χ2v) is 4.58. The highest BCUT2D eigenvalue weighted by Crippen LogP contribution is 2.26. The molecule has 2 rings (SSSR count). The number of aryl methyl sites for hydroxylation is 1. The maximum atomic E-state index is 6.25. The average Bonchev–Trinajstić information content (AvgIpc) is 2.52. The lowest BCUT2D eigenvalue weighted by Gasteiger charge is -2.17. The zero-order valence-corrected chi connectivity index (χ0v) is 10.1. The Balaban J connectivity index is 2.46. The number of nitrogens with one attached hydrogen (secondary N) is 1. The Morgan fingerprint density at radius 2 is 2.00 bits per heavy atom. The van der Waals surface area contributed by atoms with E-state index in [1.807, 2.05) is 20.2 Å². The number of likely N-dealkylation sites (N-methyl/N-ethyl adjacent to an activating group) is 1. The molecule has 0 bridgehead atoms. The van der Waals surface area contributed by atoms with Crippen LogP contribution in [0.25, 0.3) is 10.9 Å². The van der Waals surface area contributed by atoms with Gasteiger partial charge in [-0.3, -0.25) is 0 Å². The van der Waals surface area contributed by atoms with Crippen molar-refractivity contribution in [2.24, 2.45) is 5.73 Å². The van der Waals surface area contributed by atoms with E-state index in [0.717, 1.165) is 6.54 Å². The molecule has 1 unspecified atom stereocenters. The molecule has 0 aliphatic heterocycles. The topological polar surface area (TPSA) is 45.1 Å². The molecule has 2 aromatic rings. The predicted octanol–water partition coefficient (Wildman–Crippen LogP) is 2.04. The molecule has 0 saturated carbocycles. The summed E-state index contributed by atoms with van der Waals surface area (Å²) in [6, 6.07) is 8.38. The van der Waals surface area contributed by atoms with Crippen LogP contribution in [-0.4, -0.2) is 30.5 Å². The molecule has 86 valence electrons. The van der Waals surface area contributed by atoms with Crippen LogP contribution in [0.1, 0.15) is 17.3 Å². The lowest BCUT2D eigenvalue weighted by atomic mass is 10.0. The van der Waals surface area contributed by atoms with Crippen LogP contribution in [0.4, 0.5) is 0 Å². The van der Waals surface area contributed by atoms with Crippen molar-refractivity contribution >= 4 is 10.9 Å². The van der Waals surface area contributed by atoms with Gasteiger partial charge in [0.25, 0.3) is 0 Å². The third-order valence-electron chi connectivity index (χ3n) is 2.88. The van der Waals surface area contributed by atoms with Crippen molar-refractivity contribution in [3.63, 3.8) is 0 Å². The van der Waals surface area contributed by atoms with E-state index in [9.17, 15) is 0 Å². The van der Waals surface area contributed by atoms with Crippen LogP contribution < -0.4 is 5.73 Å². The summed E-state index contributed by atoms with van der Waals surface area (Å²) in [5.74, 6) is 0. The first-order chi connectivity index (χ1) is 7.59. The third kappa shape index (κ3) is 1.96. The van der Waals surface area contributed by atoms with Gasteiger partial charge in [-0.25, -0.2) is 0 Å². The smallest absolute Gasteiger partial charge is 0.0459 e. The number of fused-ring (bicyclic) bond motifs is 1. The van der Waals surface area contributed by atoms with Crippen molar-refractivity contribution in [1.82, 2.24) is 9.88 Å². The number of H-pyrrole nitrogens is 1. The van der Waals surface area contributed by atoms with Crippen LogP contribution in [-0.2, 0) is 0 Å². The van der Waals surface area contributed by atoms with Crippen LogP contribution in [0.2, 0.25) is 0 Å². The maximum Gasteiger partial charge on any atom is 0.0459 e. The van der Waals surface area contributed by atoms with Crippen molar-refractivity contribution in [3.8, 4) is 0 Å². The Kier molecular flexibility index (Phi) is 2.99. The fourth-order valence-electron chi connectivity index (χ4n) is 2.26. The summed E-state index contributed by atoms with van der Waals surface area (Å²) in [6.45, 7) is 2.95. The largest absolute Gasteiger partial charge is 0.358 e. The van der Waals surface area contributed by atoms with Crippen LogP contribution in [0.15, 0.2) is 24.3 Å². The van der Waals surface area contributed by atoms with Crippen LogP contribution in [0, 0.1) is 6.92 Å². The van der Waals surface area contributed by atoms with Crippen molar-refractivity contribution < 1.29 is 0 Å². The van der Waals surface area contributed by atoms with Gasteiger partial charge in [-0.2, -0.15) is 0 Å². The molecule has 0 aliphatic rings. The van der Waals surface area contributed by atoms with Gasteiger partial charge < -0.3 is 15.6 Å². The summed E-state index contributed by atoms with van der Waals surface area (Å²) < 4.78 is 0. The summed E-state index contributed by atoms with van der Waals surface area (Å²) in [4.78, 5) is 5.50. The number of rotatable bonds is 3. The first-order valence-electron chi connectivity index (χ1n) is 5.57. The van der Waals surface area contributed by atoms with E-state index >= 15 is 0 Å². The molecule has 0 fully saturated rings. The Morgan fingerprint density at radius 3 is 2.69 bits per heavy atom. The number of hydrogen-bond donors (Lipinski definition) is 2. The van der Waals surface area contributed by atoms with E-state index in [1.165, 1.54) is 22.2 Å². The Bertz CT molecular complexity index is 485. The molecule has 3 nitrogen and oxygen atoms in total. The predicted molar refractivity (Wildman–Crippen MR) is 68.5 cm³/mol. The molecule has 0 aliphatic carbocycles. The van der Waals surface area contributed by atoms with E-state index in [1.54, 1.807) is 0 Å². The van der Waals surface area contributed by atoms with Crippen molar-refractivity contribution in [2.45, 2.75) is 13.0 Å². The van der Waals surface area contributed by atoms with Gasteiger partial charge in [-0.05, 0) is 32.6 Å². The first-order valence-corrected chi connectivity index (χ1v) is 5.57. The molecular weight excluding hydrogens is 198 g/mol. The fraction of sp³-hybridized carbons (Fsp3) is 0.385. The number of aromatic nitrogens is 1. The van der Waals surface area contributed by atoms with E-state index in [2.05, 4.69) is 35.0 Å². The molecule has 0 spiro atoms. The normalized spacial score (nSPS) is 13.6. The SMILES string of the molecule is Cc1[nH]c2ccccc2c1C(N)CN(C)C. The summed E-state index contributed by atoms with van der Waals surface area (Å²) >= 11 is 0. The highest BCUT2D eigenvalue weighted by atomic mass is 15.1. The quantitative estimate of drug-likeness (QED) is 0.826. The highest BCUT2D eigenvalue weighted by molar-refractivity contribution is 5.85. The number of nitrogens with zero attached hydrogens (tertiary/aromatic N) is 1. The number of nitrogens with two attached hydrogens (primary N) is 1. The van der Waals surface area contributed by atoms with Gasteiger partial charge in [-0.15, -0.1) is 0 Å². The number of para-hydroxylation sites is 1. The summed E-state index contributed by atoms with van der Waals surface area (Å²) in [7, 11) is 4.09. The van der Waals surface area contributed by atoms with Gasteiger partial charge in [0.2, 0.25) is 0 Å². The maximum absolute atomic E-state index is 6.25. The molecule has 16 heavy (non-hydrogen) atoms. The van der Waals surface area contributed by atoms with Crippen molar-refractivity contribution in [1.29, 1.82) is 0 Å². The monoisotopic (exact) mass is 217 g/mol. The second kappa shape index (κ2) is 4.28. The summed E-state index contributed by atoms with van der Waals surface area (Å²) in [5, 5.41) is 1.24. The molecule has 3 heteroatoms. The van der Waals surface area contributed by atoms with E-state index < -0.39 is 0 Å². The number of hydrogen-bond acceptors (Lipinski definition) is 2. The van der Waals surface area contributed by atoms with Crippen LogP contribution in [0.3, 0.4) is 0 Å². The van der Waals surface area contributed by atoms with Gasteiger partial charge in [0.1, 0.15) is 0 Å². The molecule has 0 amide bonds. The second-order valence-electron chi connectivity index (χ2n) is 4.58. The standard InChI is InChI=1S/C13H19N3/c1-9-13(11(14)8-16(2)3)10-6-4-5-7-12(10)15-9/h4-7,11,15H,8,14H2,1-3H3. The fourth-order valence-corrected chi connectivity index (χ4v) is 2.26. The zero-order chi connectivity index (χ0) is 11.7. The first kappa shape index (κ1) is 11.2. The van der Waals surface area contributed by atoms with E-state index in [0.29, 0.717) is 0 Å². The lowest BCUT2D eigenvalue weighted by Crippen LogP contribution is -2.26. The minimum atomic E-state index is 0.0612. The Labute approximate surface area is 96.2 Å². The molecular formula is C13H19N3. The highest BCUT2D eigenvalue weighted by Gasteiger charge is 2.15. The van der Waals surface area contributed by atoms with Crippen molar-refractivity contribution in [2.75, 3.05) is 20.6 Å². The minimum Gasteiger partial charge on any atom is -0.358 e. The molecule has 1 aromatic heterocycles. The molecule has 1 atom stereocenters. The van der Waals surface area contributed by atoms with Gasteiger partial charge in [0, 0.05) is 29.2 Å². The zero-order valence-electron chi connectivity index (χ0n) is 10.1.